The molecule has 0 bridgehead atoms. The first-order valence-corrected chi connectivity index (χ1v) is 5.04. The quantitative estimate of drug-likeness (QED) is 0.766. The van der Waals surface area contributed by atoms with Crippen LogP contribution in [0.2, 0.25) is 0 Å². The van der Waals surface area contributed by atoms with Crippen LogP contribution >= 0.6 is 0 Å². The van der Waals surface area contributed by atoms with Gasteiger partial charge in [-0.3, -0.25) is 9.69 Å². The number of hydrogen-bond acceptors (Lipinski definition) is 2. The molecule has 0 saturated heterocycles. The van der Waals surface area contributed by atoms with E-state index in [9.17, 15) is 4.79 Å². The highest BCUT2D eigenvalue weighted by Crippen LogP contribution is 2.12. The van der Waals surface area contributed by atoms with E-state index >= 15 is 0 Å². The summed E-state index contributed by atoms with van der Waals surface area (Å²) in [5.41, 5.74) is 0.978. The number of benzene rings is 1. The van der Waals surface area contributed by atoms with Crippen LogP contribution in [0.1, 0.15) is 6.92 Å². The Morgan fingerprint density at radius 3 is 2.56 bits per heavy atom. The van der Waals surface area contributed by atoms with Gasteiger partial charge in [-0.25, -0.2) is 4.68 Å². The summed E-state index contributed by atoms with van der Waals surface area (Å²) < 4.78 is 1.74. The fourth-order valence-corrected chi connectivity index (χ4v) is 1.38. The van der Waals surface area contributed by atoms with E-state index in [1.54, 1.807) is 11.7 Å². The molecular formula is C12H13N3O. The van der Waals surface area contributed by atoms with E-state index in [0.29, 0.717) is 5.82 Å². The van der Waals surface area contributed by atoms with Gasteiger partial charge in [0, 0.05) is 26.2 Å². The summed E-state index contributed by atoms with van der Waals surface area (Å²) in [5.74, 6) is 0.620. The number of amides is 1. The zero-order valence-corrected chi connectivity index (χ0v) is 9.29. The minimum absolute atomic E-state index is 0.0293. The molecule has 0 saturated carbocycles. The molecule has 0 radical (unpaired) electrons. The van der Waals surface area contributed by atoms with Crippen LogP contribution in [0.15, 0.2) is 42.6 Å². The Morgan fingerprint density at radius 2 is 1.94 bits per heavy atom. The fourth-order valence-electron chi connectivity index (χ4n) is 1.38. The van der Waals surface area contributed by atoms with Gasteiger partial charge in [-0.15, -0.1) is 5.10 Å². The largest absolute Gasteiger partial charge is 0.299 e. The highest BCUT2D eigenvalue weighted by atomic mass is 16.2. The lowest BCUT2D eigenvalue weighted by atomic mass is 10.3. The number of carbonyl (C=O) groups is 1. The van der Waals surface area contributed by atoms with Gasteiger partial charge in [0.05, 0.1) is 5.69 Å². The molecule has 2 rings (SSSR count). The zero-order valence-electron chi connectivity index (χ0n) is 9.29. The van der Waals surface area contributed by atoms with Crippen molar-refractivity contribution in [3.63, 3.8) is 0 Å². The van der Waals surface area contributed by atoms with Crippen molar-refractivity contribution >= 4 is 11.7 Å². The molecule has 1 heterocycles. The molecule has 4 nitrogen and oxygen atoms in total. The van der Waals surface area contributed by atoms with Gasteiger partial charge in [0.1, 0.15) is 0 Å². The Labute approximate surface area is 94.1 Å². The molecule has 1 amide bonds. The van der Waals surface area contributed by atoms with Crippen molar-refractivity contribution in [1.82, 2.24) is 9.78 Å². The first kappa shape index (κ1) is 10.4. The van der Waals surface area contributed by atoms with E-state index in [-0.39, 0.29) is 5.91 Å². The number of carbonyl (C=O) groups excluding carboxylic acids is 1. The van der Waals surface area contributed by atoms with Crippen molar-refractivity contribution in [2.75, 3.05) is 11.9 Å². The molecule has 0 spiro atoms. The highest BCUT2D eigenvalue weighted by Gasteiger charge is 2.08. The number of aromatic nitrogens is 2. The highest BCUT2D eigenvalue weighted by molar-refractivity contribution is 5.89. The average Bonchev–Trinajstić information content (AvgIpc) is 2.78. The lowest BCUT2D eigenvalue weighted by Gasteiger charge is -2.10. The van der Waals surface area contributed by atoms with E-state index in [4.69, 9.17) is 0 Å². The van der Waals surface area contributed by atoms with Crippen molar-refractivity contribution in [3.05, 3.63) is 42.6 Å². The molecular weight excluding hydrogens is 202 g/mol. The average molecular weight is 215 g/mol. The van der Waals surface area contributed by atoms with Crippen LogP contribution < -0.4 is 4.90 Å². The normalized spacial score (nSPS) is 10.1. The van der Waals surface area contributed by atoms with Crippen LogP contribution in [-0.2, 0) is 4.79 Å². The second-order valence-electron chi connectivity index (χ2n) is 3.53. The van der Waals surface area contributed by atoms with Crippen LogP contribution in [0.25, 0.3) is 5.69 Å². The smallest absolute Gasteiger partial charge is 0.224 e. The Morgan fingerprint density at radius 1 is 1.25 bits per heavy atom. The zero-order chi connectivity index (χ0) is 11.5. The molecule has 0 atom stereocenters. The summed E-state index contributed by atoms with van der Waals surface area (Å²) in [6.07, 6.45) is 1.84. The van der Waals surface area contributed by atoms with Gasteiger partial charge in [-0.2, -0.15) is 0 Å². The summed E-state index contributed by atoms with van der Waals surface area (Å²) in [6.45, 7) is 1.52. The SMILES string of the molecule is CC(=O)N(C)c1ccn(-c2ccccc2)n1. The molecule has 0 N–H and O–H groups in total. The first-order chi connectivity index (χ1) is 7.68. The monoisotopic (exact) mass is 215 g/mol. The standard InChI is InChI=1S/C12H13N3O/c1-10(16)14(2)12-8-9-15(13-12)11-6-4-3-5-7-11/h3-9H,1-2H3. The Kier molecular flexibility index (Phi) is 2.72. The summed E-state index contributed by atoms with van der Waals surface area (Å²) in [4.78, 5) is 12.7. The maximum Gasteiger partial charge on any atom is 0.224 e. The van der Waals surface area contributed by atoms with Crippen molar-refractivity contribution in [2.24, 2.45) is 0 Å². The van der Waals surface area contributed by atoms with E-state index in [2.05, 4.69) is 5.10 Å². The molecule has 82 valence electrons. The molecule has 0 unspecified atom stereocenters. The second-order valence-corrected chi connectivity index (χ2v) is 3.53. The molecule has 0 aliphatic heterocycles. The molecule has 1 aromatic heterocycles. The topological polar surface area (TPSA) is 38.1 Å². The maximum atomic E-state index is 11.2. The Hall–Kier alpha value is -2.10. The van der Waals surface area contributed by atoms with Gasteiger partial charge in [-0.1, -0.05) is 18.2 Å². The predicted octanol–water partition coefficient (Wildman–Crippen LogP) is 1.85. The van der Waals surface area contributed by atoms with E-state index < -0.39 is 0 Å². The van der Waals surface area contributed by atoms with Crippen LogP contribution in [0, 0.1) is 0 Å². The molecule has 1 aromatic carbocycles. The van der Waals surface area contributed by atoms with Crippen molar-refractivity contribution in [2.45, 2.75) is 6.92 Å². The third kappa shape index (κ3) is 1.95. The van der Waals surface area contributed by atoms with Crippen molar-refractivity contribution in [1.29, 1.82) is 0 Å². The second kappa shape index (κ2) is 4.18. The van der Waals surface area contributed by atoms with Crippen molar-refractivity contribution < 1.29 is 4.79 Å². The first-order valence-electron chi connectivity index (χ1n) is 5.04. The number of para-hydroxylation sites is 1. The third-order valence-corrected chi connectivity index (χ3v) is 2.41. The summed E-state index contributed by atoms with van der Waals surface area (Å²) in [7, 11) is 1.71. The molecule has 16 heavy (non-hydrogen) atoms. The predicted molar refractivity (Wildman–Crippen MR) is 62.6 cm³/mol. The van der Waals surface area contributed by atoms with Crippen LogP contribution in [0.5, 0.6) is 0 Å². The third-order valence-electron chi connectivity index (χ3n) is 2.41. The van der Waals surface area contributed by atoms with Gasteiger partial charge in [0.2, 0.25) is 5.91 Å². The van der Waals surface area contributed by atoms with Gasteiger partial charge >= 0.3 is 0 Å². The minimum atomic E-state index is -0.0293. The summed E-state index contributed by atoms with van der Waals surface area (Å²) in [5, 5.41) is 4.32. The van der Waals surface area contributed by atoms with Crippen LogP contribution in [0.3, 0.4) is 0 Å². The molecule has 0 aliphatic rings. The van der Waals surface area contributed by atoms with Crippen LogP contribution in [-0.4, -0.2) is 22.7 Å². The Balaban J connectivity index is 2.30. The summed E-state index contributed by atoms with van der Waals surface area (Å²) >= 11 is 0. The maximum absolute atomic E-state index is 11.2. The lowest BCUT2D eigenvalue weighted by Crippen LogP contribution is -2.23. The van der Waals surface area contributed by atoms with E-state index in [0.717, 1.165) is 5.69 Å². The van der Waals surface area contributed by atoms with Gasteiger partial charge in [-0.05, 0) is 12.1 Å². The molecule has 0 aliphatic carbocycles. The van der Waals surface area contributed by atoms with Crippen molar-refractivity contribution in [3.8, 4) is 5.69 Å². The summed E-state index contributed by atoms with van der Waals surface area (Å²) in [6, 6.07) is 11.6. The van der Waals surface area contributed by atoms with Crippen LogP contribution in [0.4, 0.5) is 5.82 Å². The fraction of sp³-hybridized carbons (Fsp3) is 0.167. The molecule has 2 aromatic rings. The van der Waals surface area contributed by atoms with E-state index in [1.165, 1.54) is 11.8 Å². The van der Waals surface area contributed by atoms with Gasteiger partial charge < -0.3 is 0 Å². The number of rotatable bonds is 2. The number of nitrogens with zero attached hydrogens (tertiary/aromatic N) is 3. The lowest BCUT2D eigenvalue weighted by molar-refractivity contribution is -0.116. The number of anilines is 1. The minimum Gasteiger partial charge on any atom is -0.299 e. The van der Waals surface area contributed by atoms with Gasteiger partial charge in [0.25, 0.3) is 0 Å². The molecule has 0 fully saturated rings. The Bertz CT molecular complexity index is 490. The number of hydrogen-bond donors (Lipinski definition) is 0. The molecule has 4 heteroatoms. The van der Waals surface area contributed by atoms with E-state index in [1.807, 2.05) is 42.6 Å². The van der Waals surface area contributed by atoms with Gasteiger partial charge in [0.15, 0.2) is 5.82 Å².